The molecule has 6 nitrogen and oxygen atoms in total. The molecule has 5 rings (SSSR count). The van der Waals surface area contributed by atoms with Crippen LogP contribution in [0.4, 0.5) is 5.69 Å². The van der Waals surface area contributed by atoms with Crippen LogP contribution >= 0.6 is 11.6 Å². The lowest BCUT2D eigenvalue weighted by Crippen LogP contribution is -2.69. The van der Waals surface area contributed by atoms with Crippen molar-refractivity contribution in [2.24, 2.45) is 0 Å². The van der Waals surface area contributed by atoms with Gasteiger partial charge in [0.25, 0.3) is 17.7 Å². The van der Waals surface area contributed by atoms with Gasteiger partial charge in [0.1, 0.15) is 5.69 Å². The van der Waals surface area contributed by atoms with Crippen LogP contribution in [0.2, 0.25) is 5.02 Å². The highest BCUT2D eigenvalue weighted by molar-refractivity contribution is 6.32. The molecule has 1 N–H and O–H groups in total. The summed E-state index contributed by atoms with van der Waals surface area (Å²) in [5.41, 5.74) is 1.46. The van der Waals surface area contributed by atoms with E-state index in [9.17, 15) is 14.4 Å². The van der Waals surface area contributed by atoms with Gasteiger partial charge in [-0.3, -0.25) is 23.9 Å². The number of anilines is 1. The second-order valence-corrected chi connectivity index (χ2v) is 9.77. The Balaban J connectivity index is 1.73. The van der Waals surface area contributed by atoms with Gasteiger partial charge in [0.2, 0.25) is 5.54 Å². The summed E-state index contributed by atoms with van der Waals surface area (Å²) in [5.74, 6) is -1.29. The van der Waals surface area contributed by atoms with Gasteiger partial charge in [-0.2, -0.15) is 0 Å². The largest absolute Gasteiger partial charge is 0.351 e. The smallest absolute Gasteiger partial charge is 0.276 e. The molecule has 1 atom stereocenters. The Bertz CT molecular complexity index is 1320. The third kappa shape index (κ3) is 3.27. The number of benzene rings is 2. The molecule has 1 aliphatic carbocycles. The van der Waals surface area contributed by atoms with Crippen LogP contribution in [0.3, 0.4) is 0 Å². The zero-order chi connectivity index (χ0) is 23.5. The quantitative estimate of drug-likeness (QED) is 0.554. The van der Waals surface area contributed by atoms with Crippen molar-refractivity contribution in [3.8, 4) is 0 Å². The van der Waals surface area contributed by atoms with Gasteiger partial charge in [0.15, 0.2) is 0 Å². The zero-order valence-electron chi connectivity index (χ0n) is 18.9. The van der Waals surface area contributed by atoms with E-state index in [4.69, 9.17) is 11.6 Å². The molecule has 0 spiro atoms. The number of fused-ring (bicyclic) bond motifs is 3. The van der Waals surface area contributed by atoms with Crippen molar-refractivity contribution in [3.05, 3.63) is 64.3 Å². The van der Waals surface area contributed by atoms with Gasteiger partial charge in [-0.15, -0.1) is 0 Å². The van der Waals surface area contributed by atoms with E-state index in [1.54, 1.807) is 31.2 Å². The van der Waals surface area contributed by atoms with Gasteiger partial charge in [0, 0.05) is 22.1 Å². The fraction of sp³-hybridized carbons (Fsp3) is 0.346. The van der Waals surface area contributed by atoms with Gasteiger partial charge < -0.3 is 5.32 Å². The van der Waals surface area contributed by atoms with E-state index in [0.29, 0.717) is 21.6 Å². The van der Waals surface area contributed by atoms with Crippen molar-refractivity contribution < 1.29 is 14.4 Å². The molecule has 33 heavy (non-hydrogen) atoms. The molecule has 0 radical (unpaired) electrons. The lowest BCUT2D eigenvalue weighted by atomic mass is 9.91. The molecular weight excluding hydrogens is 438 g/mol. The number of nitrogens with zero attached hydrogens (tertiary/aromatic N) is 2. The van der Waals surface area contributed by atoms with Gasteiger partial charge in [0.05, 0.1) is 5.52 Å². The number of carbonyl (C=O) groups is 3. The third-order valence-corrected chi connectivity index (χ3v) is 7.21. The Kier molecular flexibility index (Phi) is 5.09. The molecule has 1 aromatic heterocycles. The number of amides is 2. The molecule has 1 saturated carbocycles. The van der Waals surface area contributed by atoms with E-state index >= 15 is 0 Å². The van der Waals surface area contributed by atoms with E-state index in [1.807, 2.05) is 32.0 Å². The highest BCUT2D eigenvalue weighted by Gasteiger charge is 2.55. The molecule has 2 aromatic carbocycles. The summed E-state index contributed by atoms with van der Waals surface area (Å²) in [6, 6.07) is 12.5. The van der Waals surface area contributed by atoms with E-state index in [2.05, 4.69) is 5.32 Å². The standard InChI is InChI=1S/C26H26ClN3O3/c1-15-8-10-20(16(2)12-15)30-23(31)22-14-17-13-18(27)9-11-21(17)29(22)25(33)26(30,3)24(32)28-19-6-4-5-7-19/h8-14,19H,4-7H2,1-3H3,(H,28,32)/t26-/m0/s1. The van der Waals surface area contributed by atoms with Gasteiger partial charge in [-0.1, -0.05) is 42.1 Å². The number of nitrogens with one attached hydrogen (secondary N) is 1. The maximum atomic E-state index is 14.1. The second-order valence-electron chi connectivity index (χ2n) is 9.33. The van der Waals surface area contributed by atoms with Crippen molar-refractivity contribution >= 4 is 45.9 Å². The maximum Gasteiger partial charge on any atom is 0.276 e. The molecular formula is C26H26ClN3O3. The third-order valence-electron chi connectivity index (χ3n) is 6.98. The first-order chi connectivity index (χ1) is 15.7. The monoisotopic (exact) mass is 463 g/mol. The molecule has 0 unspecified atom stereocenters. The minimum atomic E-state index is -1.74. The first-order valence-electron chi connectivity index (χ1n) is 11.3. The molecule has 2 heterocycles. The maximum absolute atomic E-state index is 14.1. The summed E-state index contributed by atoms with van der Waals surface area (Å²) >= 11 is 6.16. The van der Waals surface area contributed by atoms with Crippen LogP contribution < -0.4 is 10.2 Å². The molecule has 2 amide bonds. The van der Waals surface area contributed by atoms with Crippen LogP contribution in [0, 0.1) is 13.8 Å². The number of hydrogen-bond acceptors (Lipinski definition) is 3. The molecule has 2 aliphatic rings. The molecule has 170 valence electrons. The zero-order valence-corrected chi connectivity index (χ0v) is 19.7. The summed E-state index contributed by atoms with van der Waals surface area (Å²) in [5, 5.41) is 4.26. The predicted octanol–water partition coefficient (Wildman–Crippen LogP) is 5.03. The van der Waals surface area contributed by atoms with E-state index in [0.717, 1.165) is 36.8 Å². The molecule has 3 aromatic rings. The Morgan fingerprint density at radius 1 is 1.06 bits per heavy atom. The fourth-order valence-electron chi connectivity index (χ4n) is 5.19. The average molecular weight is 464 g/mol. The van der Waals surface area contributed by atoms with E-state index in [-0.39, 0.29) is 11.7 Å². The summed E-state index contributed by atoms with van der Waals surface area (Å²) in [7, 11) is 0. The molecule has 0 saturated heterocycles. The van der Waals surface area contributed by atoms with Crippen molar-refractivity contribution in [3.63, 3.8) is 0 Å². The first kappa shape index (κ1) is 21.7. The number of halogens is 1. The predicted molar refractivity (Wildman–Crippen MR) is 129 cm³/mol. The van der Waals surface area contributed by atoms with Crippen molar-refractivity contribution in [1.82, 2.24) is 9.88 Å². The number of rotatable bonds is 3. The molecule has 0 bridgehead atoms. The van der Waals surface area contributed by atoms with E-state index in [1.165, 1.54) is 9.47 Å². The Morgan fingerprint density at radius 2 is 1.79 bits per heavy atom. The van der Waals surface area contributed by atoms with Crippen molar-refractivity contribution in [2.75, 3.05) is 4.90 Å². The summed E-state index contributed by atoms with van der Waals surface area (Å²) in [6.45, 7) is 5.41. The number of hydrogen-bond donors (Lipinski definition) is 1. The number of aryl methyl sites for hydroxylation is 2. The number of carbonyl (C=O) groups excluding carboxylic acids is 3. The normalized spacial score (nSPS) is 21.0. The average Bonchev–Trinajstić information content (AvgIpc) is 3.41. The van der Waals surface area contributed by atoms with Gasteiger partial charge >= 0.3 is 0 Å². The Labute approximate surface area is 197 Å². The van der Waals surface area contributed by atoms with Crippen molar-refractivity contribution in [1.29, 1.82) is 0 Å². The number of aromatic nitrogens is 1. The van der Waals surface area contributed by atoms with Gasteiger partial charge in [-0.25, -0.2) is 0 Å². The van der Waals surface area contributed by atoms with Crippen molar-refractivity contribution in [2.45, 2.75) is 58.0 Å². The van der Waals surface area contributed by atoms with Crippen LogP contribution in [-0.4, -0.2) is 33.9 Å². The minimum absolute atomic E-state index is 0.0137. The van der Waals surface area contributed by atoms with Crippen LogP contribution in [0.1, 0.15) is 59.0 Å². The summed E-state index contributed by atoms with van der Waals surface area (Å²) in [6.07, 6.45) is 3.85. The van der Waals surface area contributed by atoms with Crippen LogP contribution in [0.15, 0.2) is 42.5 Å². The Morgan fingerprint density at radius 3 is 2.48 bits per heavy atom. The fourth-order valence-corrected chi connectivity index (χ4v) is 5.38. The highest BCUT2D eigenvalue weighted by atomic mass is 35.5. The lowest BCUT2D eigenvalue weighted by Gasteiger charge is -2.43. The molecule has 1 fully saturated rings. The summed E-state index contributed by atoms with van der Waals surface area (Å²) in [4.78, 5) is 43.2. The van der Waals surface area contributed by atoms with Crippen LogP contribution in [0.5, 0.6) is 0 Å². The first-order valence-corrected chi connectivity index (χ1v) is 11.7. The van der Waals surface area contributed by atoms with Gasteiger partial charge in [-0.05, 0) is 69.5 Å². The SMILES string of the molecule is Cc1ccc(N2C(=O)c3cc4cc(Cl)ccc4n3C(=O)[C@]2(C)C(=O)NC2CCCC2)c(C)c1. The Hall–Kier alpha value is -3.12. The highest BCUT2D eigenvalue weighted by Crippen LogP contribution is 2.38. The second kappa shape index (κ2) is 7.73. The lowest BCUT2D eigenvalue weighted by molar-refractivity contribution is -0.125. The summed E-state index contributed by atoms with van der Waals surface area (Å²) < 4.78 is 1.38. The van der Waals surface area contributed by atoms with E-state index < -0.39 is 23.3 Å². The molecule has 1 aliphatic heterocycles. The minimum Gasteiger partial charge on any atom is -0.351 e. The topological polar surface area (TPSA) is 71.4 Å². The molecule has 7 heteroatoms. The van der Waals surface area contributed by atoms with Crippen LogP contribution in [-0.2, 0) is 4.79 Å². The van der Waals surface area contributed by atoms with Crippen LogP contribution in [0.25, 0.3) is 10.9 Å².